The summed E-state index contributed by atoms with van der Waals surface area (Å²) >= 11 is 1.29. The zero-order valence-corrected chi connectivity index (χ0v) is 17.0. The number of aromatic nitrogens is 3. The molecule has 0 atom stereocenters. The first-order chi connectivity index (χ1) is 13.9. The summed E-state index contributed by atoms with van der Waals surface area (Å²) in [5, 5.41) is 10.6. The molecule has 0 saturated carbocycles. The second-order valence-electron chi connectivity index (χ2n) is 6.05. The SMILES string of the molecule is CCOC(=O)c1c(NC(=O)COC(=O)c2ccc3nncn3c2)sc(C)c1CC. The fourth-order valence-electron chi connectivity index (χ4n) is 2.84. The Hall–Kier alpha value is -3.27. The molecule has 0 radical (unpaired) electrons. The van der Waals surface area contributed by atoms with Crippen LogP contribution in [0.15, 0.2) is 24.7 Å². The molecule has 1 amide bonds. The molecule has 3 rings (SSSR count). The van der Waals surface area contributed by atoms with Crippen molar-refractivity contribution in [2.24, 2.45) is 0 Å². The second kappa shape index (κ2) is 8.82. The van der Waals surface area contributed by atoms with Crippen LogP contribution >= 0.6 is 11.3 Å². The van der Waals surface area contributed by atoms with Crippen molar-refractivity contribution in [3.05, 3.63) is 46.2 Å². The number of nitrogens with zero attached hydrogens (tertiary/aromatic N) is 3. The molecule has 0 bridgehead atoms. The zero-order valence-electron chi connectivity index (χ0n) is 16.2. The Morgan fingerprint density at radius 1 is 1.17 bits per heavy atom. The lowest BCUT2D eigenvalue weighted by molar-refractivity contribution is -0.119. The van der Waals surface area contributed by atoms with Crippen molar-refractivity contribution in [1.29, 1.82) is 0 Å². The van der Waals surface area contributed by atoms with E-state index in [9.17, 15) is 14.4 Å². The first kappa shape index (κ1) is 20.5. The molecule has 0 fully saturated rings. The van der Waals surface area contributed by atoms with Crippen LogP contribution in [0.2, 0.25) is 0 Å². The van der Waals surface area contributed by atoms with Crippen LogP contribution in [0.25, 0.3) is 5.65 Å². The summed E-state index contributed by atoms with van der Waals surface area (Å²) < 4.78 is 11.8. The predicted octanol–water partition coefficient (Wildman–Crippen LogP) is 2.63. The minimum Gasteiger partial charge on any atom is -0.462 e. The maximum absolute atomic E-state index is 12.3. The van der Waals surface area contributed by atoms with E-state index in [2.05, 4.69) is 15.5 Å². The highest BCUT2D eigenvalue weighted by Crippen LogP contribution is 2.34. The number of hydrogen-bond acceptors (Lipinski definition) is 8. The van der Waals surface area contributed by atoms with Gasteiger partial charge in [-0.1, -0.05) is 6.92 Å². The van der Waals surface area contributed by atoms with E-state index in [0.29, 0.717) is 22.6 Å². The number of ether oxygens (including phenoxy) is 2. The van der Waals surface area contributed by atoms with Crippen LogP contribution in [0, 0.1) is 6.92 Å². The summed E-state index contributed by atoms with van der Waals surface area (Å²) in [4.78, 5) is 37.7. The van der Waals surface area contributed by atoms with E-state index in [1.807, 2.05) is 13.8 Å². The van der Waals surface area contributed by atoms with E-state index in [4.69, 9.17) is 9.47 Å². The first-order valence-corrected chi connectivity index (χ1v) is 9.82. The van der Waals surface area contributed by atoms with E-state index in [-0.39, 0.29) is 12.2 Å². The normalized spacial score (nSPS) is 10.7. The van der Waals surface area contributed by atoms with Crippen molar-refractivity contribution >= 4 is 39.8 Å². The summed E-state index contributed by atoms with van der Waals surface area (Å²) in [5.41, 5.74) is 2.04. The molecular formula is C19H20N4O5S. The van der Waals surface area contributed by atoms with Gasteiger partial charge in [0.05, 0.1) is 17.7 Å². The summed E-state index contributed by atoms with van der Waals surface area (Å²) in [6.07, 6.45) is 3.61. The van der Waals surface area contributed by atoms with Crippen molar-refractivity contribution < 1.29 is 23.9 Å². The molecule has 0 aliphatic carbocycles. The van der Waals surface area contributed by atoms with Crippen LogP contribution in [0.5, 0.6) is 0 Å². The van der Waals surface area contributed by atoms with Gasteiger partial charge >= 0.3 is 11.9 Å². The fraction of sp³-hybridized carbons (Fsp3) is 0.316. The molecule has 9 nitrogen and oxygen atoms in total. The number of hydrogen-bond donors (Lipinski definition) is 1. The highest BCUT2D eigenvalue weighted by molar-refractivity contribution is 7.16. The number of nitrogens with one attached hydrogen (secondary N) is 1. The van der Waals surface area contributed by atoms with Gasteiger partial charge in [0.15, 0.2) is 12.3 Å². The highest BCUT2D eigenvalue weighted by Gasteiger charge is 2.23. The quantitative estimate of drug-likeness (QED) is 0.589. The van der Waals surface area contributed by atoms with Crippen LogP contribution in [0.3, 0.4) is 0 Å². The molecule has 152 valence electrons. The molecule has 10 heteroatoms. The van der Waals surface area contributed by atoms with E-state index in [1.54, 1.807) is 23.5 Å². The average molecular weight is 416 g/mol. The number of aryl methyl sites for hydroxylation is 1. The number of thiophene rings is 1. The molecule has 0 spiro atoms. The first-order valence-electron chi connectivity index (χ1n) is 9.00. The molecule has 29 heavy (non-hydrogen) atoms. The van der Waals surface area contributed by atoms with Crippen molar-refractivity contribution in [3.63, 3.8) is 0 Å². The summed E-state index contributed by atoms with van der Waals surface area (Å²) in [5.74, 6) is -1.68. The van der Waals surface area contributed by atoms with E-state index in [0.717, 1.165) is 10.4 Å². The fourth-order valence-corrected chi connectivity index (χ4v) is 3.99. The van der Waals surface area contributed by atoms with Gasteiger partial charge in [0.1, 0.15) is 11.3 Å². The van der Waals surface area contributed by atoms with Crippen LogP contribution in [-0.2, 0) is 20.7 Å². The van der Waals surface area contributed by atoms with Gasteiger partial charge in [-0.15, -0.1) is 21.5 Å². The maximum atomic E-state index is 12.3. The Kier molecular flexibility index (Phi) is 6.23. The topological polar surface area (TPSA) is 112 Å². The van der Waals surface area contributed by atoms with Crippen LogP contribution in [-0.4, -0.2) is 45.7 Å². The van der Waals surface area contributed by atoms with Gasteiger partial charge in [-0.05, 0) is 38.0 Å². The molecule has 0 saturated heterocycles. The van der Waals surface area contributed by atoms with E-state index < -0.39 is 24.5 Å². The molecule has 3 aromatic rings. The van der Waals surface area contributed by atoms with Crippen molar-refractivity contribution in [2.45, 2.75) is 27.2 Å². The zero-order chi connectivity index (χ0) is 21.0. The Morgan fingerprint density at radius 3 is 2.69 bits per heavy atom. The molecule has 3 heterocycles. The Labute approximate surface area is 170 Å². The van der Waals surface area contributed by atoms with Gasteiger partial charge in [-0.3, -0.25) is 9.20 Å². The van der Waals surface area contributed by atoms with Gasteiger partial charge in [-0.2, -0.15) is 0 Å². The summed E-state index contributed by atoms with van der Waals surface area (Å²) in [6, 6.07) is 3.16. The summed E-state index contributed by atoms with van der Waals surface area (Å²) in [6.45, 7) is 5.27. The third kappa shape index (κ3) is 4.43. The number of esters is 2. The Morgan fingerprint density at radius 2 is 1.97 bits per heavy atom. The minimum atomic E-state index is -0.655. The number of anilines is 1. The van der Waals surface area contributed by atoms with Crippen LogP contribution in [0.4, 0.5) is 5.00 Å². The summed E-state index contributed by atoms with van der Waals surface area (Å²) in [7, 11) is 0. The third-order valence-corrected chi connectivity index (χ3v) is 5.22. The average Bonchev–Trinajstić information content (AvgIpc) is 3.29. The molecule has 0 aliphatic rings. The number of fused-ring (bicyclic) bond motifs is 1. The van der Waals surface area contributed by atoms with Gasteiger partial charge in [0, 0.05) is 11.1 Å². The third-order valence-electron chi connectivity index (χ3n) is 4.16. The van der Waals surface area contributed by atoms with Crippen molar-refractivity contribution in [1.82, 2.24) is 14.6 Å². The number of carbonyl (C=O) groups excluding carboxylic acids is 3. The largest absolute Gasteiger partial charge is 0.462 e. The Bertz CT molecular complexity index is 1070. The number of pyridine rings is 1. The molecule has 0 aromatic carbocycles. The predicted molar refractivity (Wildman–Crippen MR) is 106 cm³/mol. The van der Waals surface area contributed by atoms with Crippen LogP contribution in [0.1, 0.15) is 45.0 Å². The lowest BCUT2D eigenvalue weighted by Crippen LogP contribution is -2.22. The number of rotatable bonds is 7. The monoisotopic (exact) mass is 416 g/mol. The number of carbonyl (C=O) groups is 3. The number of amides is 1. The van der Waals surface area contributed by atoms with Gasteiger partial charge in [0.2, 0.25) is 0 Å². The van der Waals surface area contributed by atoms with Gasteiger partial charge < -0.3 is 14.8 Å². The van der Waals surface area contributed by atoms with Gasteiger partial charge in [-0.25, -0.2) is 9.59 Å². The van der Waals surface area contributed by atoms with Crippen molar-refractivity contribution in [2.75, 3.05) is 18.5 Å². The minimum absolute atomic E-state index is 0.235. The lowest BCUT2D eigenvalue weighted by atomic mass is 10.1. The standard InChI is InChI=1S/C19H20N4O5S/c1-4-13-11(3)29-17(16(13)19(26)27-5-2)21-15(24)9-28-18(25)12-6-7-14-22-20-10-23(14)8-12/h6-8,10H,4-5,9H2,1-3H3,(H,21,24). The highest BCUT2D eigenvalue weighted by atomic mass is 32.1. The van der Waals surface area contributed by atoms with E-state index >= 15 is 0 Å². The maximum Gasteiger partial charge on any atom is 0.341 e. The molecule has 0 unspecified atom stereocenters. The van der Waals surface area contributed by atoms with Gasteiger partial charge in [0.25, 0.3) is 5.91 Å². The van der Waals surface area contributed by atoms with Crippen LogP contribution < -0.4 is 5.32 Å². The second-order valence-corrected chi connectivity index (χ2v) is 7.28. The molecule has 3 aromatic heterocycles. The molecule has 0 aliphatic heterocycles. The van der Waals surface area contributed by atoms with E-state index in [1.165, 1.54) is 23.9 Å². The smallest absolute Gasteiger partial charge is 0.341 e. The molecular weight excluding hydrogens is 396 g/mol. The Balaban J connectivity index is 1.67. The van der Waals surface area contributed by atoms with Crippen molar-refractivity contribution in [3.8, 4) is 0 Å². The molecule has 1 N–H and O–H groups in total. The lowest BCUT2D eigenvalue weighted by Gasteiger charge is -2.08.